The Labute approximate surface area is 119 Å². The molecule has 0 saturated carbocycles. The van der Waals surface area contributed by atoms with Crippen molar-refractivity contribution in [1.82, 2.24) is 10.5 Å². The van der Waals surface area contributed by atoms with Gasteiger partial charge < -0.3 is 14.6 Å². The van der Waals surface area contributed by atoms with Crippen LogP contribution in [-0.4, -0.2) is 34.9 Å². The van der Waals surface area contributed by atoms with Crippen LogP contribution in [0.1, 0.15) is 39.8 Å². The van der Waals surface area contributed by atoms with Gasteiger partial charge in [0.2, 0.25) is 11.8 Å². The maximum absolute atomic E-state index is 11.8. The minimum atomic E-state index is -0.285. The minimum absolute atomic E-state index is 0.139. The van der Waals surface area contributed by atoms with Crippen LogP contribution in [0.2, 0.25) is 0 Å². The van der Waals surface area contributed by atoms with E-state index in [0.717, 1.165) is 12.1 Å². The van der Waals surface area contributed by atoms with E-state index in [1.54, 1.807) is 13.0 Å². The van der Waals surface area contributed by atoms with Gasteiger partial charge in [-0.15, -0.1) is 0 Å². The van der Waals surface area contributed by atoms with E-state index >= 15 is 0 Å². The molecule has 1 aliphatic rings. The van der Waals surface area contributed by atoms with Crippen molar-refractivity contribution in [3.8, 4) is 0 Å². The molecule has 0 aromatic carbocycles. The number of hydrogen-bond acceptors (Lipinski definition) is 5. The number of carbonyl (C=O) groups is 1. The van der Waals surface area contributed by atoms with E-state index in [1.165, 1.54) is 0 Å². The molecule has 0 spiro atoms. The average molecular weight is 281 g/mol. The monoisotopic (exact) mass is 281 g/mol. The number of anilines is 1. The Kier molecular flexibility index (Phi) is 3.88. The van der Waals surface area contributed by atoms with E-state index in [2.05, 4.69) is 29.6 Å². The van der Waals surface area contributed by atoms with Gasteiger partial charge in [-0.1, -0.05) is 5.16 Å². The van der Waals surface area contributed by atoms with Crippen molar-refractivity contribution in [2.45, 2.75) is 58.3 Å². The Bertz CT molecular complexity index is 494. The van der Waals surface area contributed by atoms with Crippen LogP contribution in [0.5, 0.6) is 0 Å². The lowest BCUT2D eigenvalue weighted by atomic mass is 9.94. The molecule has 2 rings (SSSR count). The lowest BCUT2D eigenvalue weighted by Gasteiger charge is -2.27. The number of aromatic nitrogens is 1. The van der Waals surface area contributed by atoms with Crippen LogP contribution in [0, 0.1) is 6.92 Å². The van der Waals surface area contributed by atoms with Gasteiger partial charge in [0.05, 0.1) is 23.4 Å². The maximum atomic E-state index is 11.8. The maximum Gasteiger partial charge on any atom is 0.240 e. The summed E-state index contributed by atoms with van der Waals surface area (Å²) < 4.78 is 10.9. The molecule has 112 valence electrons. The molecule has 6 nitrogen and oxygen atoms in total. The zero-order chi connectivity index (χ0) is 15.0. The summed E-state index contributed by atoms with van der Waals surface area (Å²) in [5, 5.41) is 9.64. The van der Waals surface area contributed by atoms with Gasteiger partial charge in [-0.05, 0) is 41.0 Å². The summed E-state index contributed by atoms with van der Waals surface area (Å²) >= 11 is 0. The van der Waals surface area contributed by atoms with E-state index in [9.17, 15) is 4.79 Å². The number of ether oxygens (including phenoxy) is 1. The highest BCUT2D eigenvalue weighted by atomic mass is 16.5. The van der Waals surface area contributed by atoms with Crippen molar-refractivity contribution >= 4 is 11.8 Å². The smallest absolute Gasteiger partial charge is 0.240 e. The number of nitrogens with one attached hydrogen (secondary N) is 2. The van der Waals surface area contributed by atoms with E-state index in [4.69, 9.17) is 9.26 Å². The number of rotatable bonds is 4. The molecule has 0 bridgehead atoms. The van der Waals surface area contributed by atoms with Gasteiger partial charge in [0.25, 0.3) is 0 Å². The van der Waals surface area contributed by atoms with Crippen molar-refractivity contribution in [3.63, 3.8) is 0 Å². The molecule has 1 fully saturated rings. The summed E-state index contributed by atoms with van der Waals surface area (Å²) in [5.41, 5.74) is 0.284. The quantitative estimate of drug-likeness (QED) is 0.881. The molecule has 0 radical (unpaired) electrons. The van der Waals surface area contributed by atoms with Gasteiger partial charge in [-0.25, -0.2) is 0 Å². The van der Waals surface area contributed by atoms with E-state index in [-0.39, 0.29) is 29.7 Å². The molecule has 1 saturated heterocycles. The number of nitrogens with zero attached hydrogens (tertiary/aromatic N) is 1. The summed E-state index contributed by atoms with van der Waals surface area (Å²) in [6.07, 6.45) is 0.870. The molecule has 1 unspecified atom stereocenters. The van der Waals surface area contributed by atoms with Gasteiger partial charge in [-0.2, -0.15) is 0 Å². The third-order valence-corrected chi connectivity index (χ3v) is 3.47. The van der Waals surface area contributed by atoms with Crippen LogP contribution in [0.4, 0.5) is 5.88 Å². The molecule has 1 aromatic rings. The fourth-order valence-electron chi connectivity index (χ4n) is 2.70. The Morgan fingerprint density at radius 1 is 1.45 bits per heavy atom. The van der Waals surface area contributed by atoms with Crippen LogP contribution in [0.3, 0.4) is 0 Å². The summed E-state index contributed by atoms with van der Waals surface area (Å²) in [7, 11) is 0. The molecular formula is C14H23N3O3. The highest BCUT2D eigenvalue weighted by Gasteiger charge is 2.45. The minimum Gasteiger partial charge on any atom is -0.368 e. The first-order chi connectivity index (χ1) is 9.18. The first-order valence-corrected chi connectivity index (χ1v) is 6.85. The topological polar surface area (TPSA) is 76.4 Å². The summed E-state index contributed by atoms with van der Waals surface area (Å²) in [4.78, 5) is 11.8. The Morgan fingerprint density at radius 2 is 2.15 bits per heavy atom. The van der Waals surface area contributed by atoms with Crippen LogP contribution in [-0.2, 0) is 9.53 Å². The zero-order valence-electron chi connectivity index (χ0n) is 12.7. The number of amides is 1. The molecule has 0 aliphatic carbocycles. The summed E-state index contributed by atoms with van der Waals surface area (Å²) in [6.45, 7) is 10.2. The second-order valence-corrected chi connectivity index (χ2v) is 6.48. The van der Waals surface area contributed by atoms with Crippen molar-refractivity contribution in [1.29, 1.82) is 0 Å². The molecule has 1 aliphatic heterocycles. The van der Waals surface area contributed by atoms with Crippen molar-refractivity contribution in [2.75, 3.05) is 11.9 Å². The van der Waals surface area contributed by atoms with Gasteiger partial charge in [-0.3, -0.25) is 10.1 Å². The fourth-order valence-corrected chi connectivity index (χ4v) is 2.70. The molecule has 1 atom stereocenters. The van der Waals surface area contributed by atoms with Gasteiger partial charge in [0, 0.05) is 12.1 Å². The standard InChI is InChI=1S/C14H23N3O3/c1-9-6-12(19-17-9)16-11(18)8-15-10-7-13(2,3)20-14(10,4)5/h6,10,15H,7-8H2,1-5H3,(H,16,18). The van der Waals surface area contributed by atoms with Crippen molar-refractivity contribution in [3.05, 3.63) is 11.8 Å². The predicted octanol–water partition coefficient (Wildman–Crippen LogP) is 1.86. The number of hydrogen-bond donors (Lipinski definition) is 2. The van der Waals surface area contributed by atoms with Crippen LogP contribution in [0.25, 0.3) is 0 Å². The van der Waals surface area contributed by atoms with Crippen molar-refractivity contribution < 1.29 is 14.1 Å². The van der Waals surface area contributed by atoms with Crippen LogP contribution < -0.4 is 10.6 Å². The van der Waals surface area contributed by atoms with Crippen LogP contribution >= 0.6 is 0 Å². The fraction of sp³-hybridized carbons (Fsp3) is 0.714. The highest BCUT2D eigenvalue weighted by molar-refractivity contribution is 5.90. The Morgan fingerprint density at radius 3 is 2.65 bits per heavy atom. The number of carbonyl (C=O) groups excluding carboxylic acids is 1. The number of aryl methyl sites for hydroxylation is 1. The largest absolute Gasteiger partial charge is 0.368 e. The van der Waals surface area contributed by atoms with Gasteiger partial charge >= 0.3 is 0 Å². The summed E-state index contributed by atoms with van der Waals surface area (Å²) in [6, 6.07) is 1.82. The second kappa shape index (κ2) is 5.18. The SMILES string of the molecule is Cc1cc(NC(=O)CNC2CC(C)(C)OC2(C)C)on1. The first-order valence-electron chi connectivity index (χ1n) is 6.85. The Balaban J connectivity index is 1.84. The molecule has 1 amide bonds. The molecule has 6 heteroatoms. The molecular weight excluding hydrogens is 258 g/mol. The molecule has 1 aromatic heterocycles. The van der Waals surface area contributed by atoms with E-state index in [0.29, 0.717) is 5.88 Å². The molecule has 2 heterocycles. The first kappa shape index (κ1) is 15.0. The molecule has 20 heavy (non-hydrogen) atoms. The zero-order valence-corrected chi connectivity index (χ0v) is 12.7. The normalized spacial score (nSPS) is 23.8. The third-order valence-electron chi connectivity index (χ3n) is 3.47. The second-order valence-electron chi connectivity index (χ2n) is 6.48. The van der Waals surface area contributed by atoms with Gasteiger partial charge in [0.15, 0.2) is 0 Å². The summed E-state index contributed by atoms with van der Waals surface area (Å²) in [5.74, 6) is 0.221. The highest BCUT2D eigenvalue weighted by Crippen LogP contribution is 2.37. The lowest BCUT2D eigenvalue weighted by Crippen LogP contribution is -2.46. The van der Waals surface area contributed by atoms with Gasteiger partial charge in [0.1, 0.15) is 0 Å². The Hall–Kier alpha value is -1.40. The van der Waals surface area contributed by atoms with E-state index in [1.807, 2.05) is 13.8 Å². The average Bonchev–Trinajstić information content (AvgIpc) is 2.76. The van der Waals surface area contributed by atoms with Crippen LogP contribution in [0.15, 0.2) is 10.6 Å². The van der Waals surface area contributed by atoms with Crippen molar-refractivity contribution in [2.24, 2.45) is 0 Å². The molecule has 2 N–H and O–H groups in total. The third kappa shape index (κ3) is 3.58. The van der Waals surface area contributed by atoms with E-state index < -0.39 is 0 Å². The predicted molar refractivity (Wildman–Crippen MR) is 75.5 cm³/mol. The lowest BCUT2D eigenvalue weighted by molar-refractivity contribution is -0.115.